The second kappa shape index (κ2) is 6.18. The van der Waals surface area contributed by atoms with Crippen molar-refractivity contribution in [1.82, 2.24) is 0 Å². The van der Waals surface area contributed by atoms with Gasteiger partial charge in [0.1, 0.15) is 0 Å². The molecule has 1 aliphatic heterocycles. The molecule has 1 unspecified atom stereocenters. The van der Waals surface area contributed by atoms with E-state index in [1.807, 2.05) is 18.7 Å². The van der Waals surface area contributed by atoms with Crippen molar-refractivity contribution in [3.63, 3.8) is 0 Å². The number of rotatable bonds is 5. The molecule has 0 bridgehead atoms. The van der Waals surface area contributed by atoms with E-state index in [1.54, 1.807) is 6.07 Å². The number of anilines is 2. The summed E-state index contributed by atoms with van der Waals surface area (Å²) in [7, 11) is 0. The van der Waals surface area contributed by atoms with Gasteiger partial charge in [-0.25, -0.2) is 4.39 Å². The normalized spacial score (nSPS) is 18.9. The second-order valence-corrected chi connectivity index (χ2v) is 5.56. The van der Waals surface area contributed by atoms with Crippen molar-refractivity contribution in [2.45, 2.75) is 13.3 Å². The van der Waals surface area contributed by atoms with E-state index in [1.165, 1.54) is 24.0 Å². The first-order valence-electron chi connectivity index (χ1n) is 6.24. The maximum Gasteiger partial charge on any atom is 0.167 e. The largest absolute Gasteiger partial charge is 0.491 e. The van der Waals surface area contributed by atoms with Crippen LogP contribution in [0.5, 0.6) is 5.75 Å². The van der Waals surface area contributed by atoms with E-state index in [0.717, 1.165) is 12.2 Å². The highest BCUT2D eigenvalue weighted by molar-refractivity contribution is 7.99. The Kier molecular flexibility index (Phi) is 4.58. The molecule has 0 saturated carbocycles. The molecule has 1 atom stereocenters. The molecule has 0 aliphatic carbocycles. The Morgan fingerprint density at radius 3 is 3.06 bits per heavy atom. The molecule has 0 aromatic heterocycles. The van der Waals surface area contributed by atoms with E-state index in [2.05, 4.69) is 5.32 Å². The number of nitrogens with one attached hydrogen (secondary N) is 1. The third kappa shape index (κ3) is 3.22. The van der Waals surface area contributed by atoms with Crippen LogP contribution >= 0.6 is 11.8 Å². The van der Waals surface area contributed by atoms with Crippen LogP contribution < -0.4 is 15.8 Å². The maximum absolute atomic E-state index is 13.5. The summed E-state index contributed by atoms with van der Waals surface area (Å²) >= 11 is 1.98. The summed E-state index contributed by atoms with van der Waals surface area (Å²) in [6.45, 7) is 3.16. The van der Waals surface area contributed by atoms with E-state index >= 15 is 0 Å². The molecule has 100 valence electrons. The molecular weight excluding hydrogens is 251 g/mol. The molecule has 1 fully saturated rings. The van der Waals surface area contributed by atoms with Crippen LogP contribution in [-0.4, -0.2) is 24.7 Å². The maximum atomic E-state index is 13.5. The van der Waals surface area contributed by atoms with Crippen molar-refractivity contribution in [3.05, 3.63) is 17.9 Å². The molecule has 3 nitrogen and oxygen atoms in total. The molecule has 0 radical (unpaired) electrons. The molecule has 1 aliphatic rings. The lowest BCUT2D eigenvalue weighted by atomic mass is 10.1. The third-order valence-corrected chi connectivity index (χ3v) is 4.24. The van der Waals surface area contributed by atoms with Gasteiger partial charge in [0, 0.05) is 18.7 Å². The van der Waals surface area contributed by atoms with Crippen LogP contribution in [-0.2, 0) is 0 Å². The molecule has 5 heteroatoms. The lowest BCUT2D eigenvalue weighted by molar-refractivity contribution is 0.322. The summed E-state index contributed by atoms with van der Waals surface area (Å²) in [5.74, 6) is 2.95. The van der Waals surface area contributed by atoms with Crippen LogP contribution in [0.2, 0.25) is 0 Å². The van der Waals surface area contributed by atoms with Crippen LogP contribution in [0.15, 0.2) is 12.1 Å². The fourth-order valence-corrected chi connectivity index (χ4v) is 3.27. The van der Waals surface area contributed by atoms with Gasteiger partial charge in [-0.2, -0.15) is 11.8 Å². The molecule has 18 heavy (non-hydrogen) atoms. The Labute approximate surface area is 111 Å². The second-order valence-electron chi connectivity index (χ2n) is 4.41. The van der Waals surface area contributed by atoms with E-state index in [4.69, 9.17) is 10.5 Å². The molecule has 1 aromatic rings. The predicted molar refractivity (Wildman–Crippen MR) is 75.9 cm³/mol. The number of hydrogen-bond donors (Lipinski definition) is 2. The number of nitrogens with two attached hydrogens (primary N) is 1. The number of hydrogen-bond acceptors (Lipinski definition) is 4. The van der Waals surface area contributed by atoms with Crippen LogP contribution in [0.3, 0.4) is 0 Å². The molecule has 1 heterocycles. The van der Waals surface area contributed by atoms with Gasteiger partial charge in [0.25, 0.3) is 0 Å². The van der Waals surface area contributed by atoms with Gasteiger partial charge in [0.15, 0.2) is 11.6 Å². The Hall–Kier alpha value is -1.10. The van der Waals surface area contributed by atoms with Gasteiger partial charge in [0.05, 0.1) is 18.0 Å². The zero-order valence-electron chi connectivity index (χ0n) is 10.5. The van der Waals surface area contributed by atoms with Gasteiger partial charge in [0.2, 0.25) is 0 Å². The Balaban J connectivity index is 2.03. The monoisotopic (exact) mass is 270 g/mol. The summed E-state index contributed by atoms with van der Waals surface area (Å²) in [6.07, 6.45) is 1.23. The summed E-state index contributed by atoms with van der Waals surface area (Å²) in [6, 6.07) is 2.97. The average Bonchev–Trinajstić information content (AvgIpc) is 2.84. The third-order valence-electron chi connectivity index (χ3n) is 3.01. The van der Waals surface area contributed by atoms with Gasteiger partial charge < -0.3 is 15.8 Å². The smallest absolute Gasteiger partial charge is 0.167 e. The summed E-state index contributed by atoms with van der Waals surface area (Å²) in [4.78, 5) is 0. The van der Waals surface area contributed by atoms with Gasteiger partial charge in [-0.15, -0.1) is 0 Å². The highest BCUT2D eigenvalue weighted by Gasteiger charge is 2.16. The van der Waals surface area contributed by atoms with Gasteiger partial charge in [-0.3, -0.25) is 0 Å². The van der Waals surface area contributed by atoms with Crippen LogP contribution in [0, 0.1) is 11.7 Å². The van der Waals surface area contributed by atoms with Crippen LogP contribution in [0.4, 0.5) is 15.8 Å². The fourth-order valence-electron chi connectivity index (χ4n) is 1.99. The van der Waals surface area contributed by atoms with Crippen molar-refractivity contribution in [3.8, 4) is 5.75 Å². The standard InChI is InChI=1S/C13H19FN2OS/c1-2-17-13-6-12(11(15)5-10(13)14)16-7-9-3-4-18-8-9/h5-6,9,16H,2-4,7-8,15H2,1H3. The van der Waals surface area contributed by atoms with E-state index in [0.29, 0.717) is 18.2 Å². The highest BCUT2D eigenvalue weighted by Crippen LogP contribution is 2.29. The lowest BCUT2D eigenvalue weighted by Gasteiger charge is -2.15. The van der Waals surface area contributed by atoms with Crippen molar-refractivity contribution in [2.75, 3.05) is 35.7 Å². The molecule has 0 amide bonds. The minimum absolute atomic E-state index is 0.259. The van der Waals surface area contributed by atoms with Crippen molar-refractivity contribution in [2.24, 2.45) is 5.92 Å². The SMILES string of the molecule is CCOc1cc(NCC2CCSC2)c(N)cc1F. The van der Waals surface area contributed by atoms with Gasteiger partial charge >= 0.3 is 0 Å². The quantitative estimate of drug-likeness (QED) is 0.808. The Morgan fingerprint density at radius 2 is 2.39 bits per heavy atom. The van der Waals surface area contributed by atoms with Crippen LogP contribution in [0.1, 0.15) is 13.3 Å². The first-order valence-corrected chi connectivity index (χ1v) is 7.39. The van der Waals surface area contributed by atoms with Gasteiger partial charge in [-0.05, 0) is 30.8 Å². The number of benzene rings is 1. The van der Waals surface area contributed by atoms with Gasteiger partial charge in [-0.1, -0.05) is 0 Å². The first kappa shape index (κ1) is 13.3. The summed E-state index contributed by atoms with van der Waals surface area (Å²) in [5.41, 5.74) is 7.00. The predicted octanol–water partition coefficient (Wildman–Crippen LogP) is 2.97. The van der Waals surface area contributed by atoms with Crippen molar-refractivity contribution < 1.29 is 9.13 Å². The minimum Gasteiger partial charge on any atom is -0.491 e. The molecule has 1 saturated heterocycles. The Morgan fingerprint density at radius 1 is 1.56 bits per heavy atom. The minimum atomic E-state index is -0.406. The number of thioether (sulfide) groups is 1. The van der Waals surface area contributed by atoms with Crippen molar-refractivity contribution >= 4 is 23.1 Å². The van der Waals surface area contributed by atoms with E-state index < -0.39 is 5.82 Å². The molecular formula is C13H19FN2OS. The van der Waals surface area contributed by atoms with E-state index in [9.17, 15) is 4.39 Å². The first-order chi connectivity index (χ1) is 8.70. The highest BCUT2D eigenvalue weighted by atomic mass is 32.2. The summed E-state index contributed by atoms with van der Waals surface area (Å²) < 4.78 is 18.8. The average molecular weight is 270 g/mol. The number of ether oxygens (including phenoxy) is 1. The lowest BCUT2D eigenvalue weighted by Crippen LogP contribution is -2.14. The number of nitrogen functional groups attached to an aromatic ring is 1. The number of halogens is 1. The molecule has 2 rings (SSSR count). The molecule has 0 spiro atoms. The fraction of sp³-hybridized carbons (Fsp3) is 0.538. The zero-order chi connectivity index (χ0) is 13.0. The molecule has 1 aromatic carbocycles. The topological polar surface area (TPSA) is 47.3 Å². The Bertz CT molecular complexity index is 408. The zero-order valence-corrected chi connectivity index (χ0v) is 11.4. The van der Waals surface area contributed by atoms with Crippen molar-refractivity contribution in [1.29, 1.82) is 0 Å². The summed E-state index contributed by atoms with van der Waals surface area (Å²) in [5, 5.41) is 3.30. The van der Waals surface area contributed by atoms with E-state index in [-0.39, 0.29) is 5.75 Å². The van der Waals surface area contributed by atoms with Crippen LogP contribution in [0.25, 0.3) is 0 Å². The molecule has 3 N–H and O–H groups in total.